The van der Waals surface area contributed by atoms with Crippen LogP contribution in [0.4, 0.5) is 0 Å². The predicted molar refractivity (Wildman–Crippen MR) is 105 cm³/mol. The van der Waals surface area contributed by atoms with Crippen LogP contribution < -0.4 is 0 Å². The van der Waals surface area contributed by atoms with Crippen molar-refractivity contribution in [3.8, 4) is 0 Å². The van der Waals surface area contributed by atoms with E-state index in [4.69, 9.17) is 0 Å². The van der Waals surface area contributed by atoms with Crippen molar-refractivity contribution in [1.82, 2.24) is 14.8 Å². The van der Waals surface area contributed by atoms with Crippen LogP contribution in [0.1, 0.15) is 41.0 Å². The van der Waals surface area contributed by atoms with E-state index in [1.54, 1.807) is 0 Å². The molecular weight excluding hydrogens is 382 g/mol. The highest BCUT2D eigenvalue weighted by atomic mass is 32.2. The van der Waals surface area contributed by atoms with Crippen LogP contribution in [0.3, 0.4) is 0 Å². The number of nitrogens with zero attached hydrogens (tertiary/aromatic N) is 3. The maximum Gasteiger partial charge on any atom is 0.191 e. The largest absolute Gasteiger partial charge is 0.309 e. The Kier molecular flexibility index (Phi) is 5.11. The number of rotatable bonds is 4. The molecule has 1 aromatic heterocycles. The highest BCUT2D eigenvalue weighted by molar-refractivity contribution is 8.00. The summed E-state index contributed by atoms with van der Waals surface area (Å²) in [5, 5.41) is 9.12. The third-order valence-electron chi connectivity index (χ3n) is 5.46. The van der Waals surface area contributed by atoms with Gasteiger partial charge in [-0.05, 0) is 37.2 Å². The highest BCUT2D eigenvalue weighted by Crippen LogP contribution is 2.32. The minimum atomic E-state index is -2.89. The molecule has 0 radical (unpaired) electrons. The van der Waals surface area contributed by atoms with Gasteiger partial charge in [-0.15, -0.1) is 10.2 Å². The van der Waals surface area contributed by atoms with E-state index in [1.165, 1.54) is 11.8 Å². The Labute approximate surface area is 163 Å². The lowest BCUT2D eigenvalue weighted by Gasteiger charge is -2.13. The normalized spacial score (nSPS) is 24.6. The summed E-state index contributed by atoms with van der Waals surface area (Å²) in [5.74, 6) is 1.58. The lowest BCUT2D eigenvalue weighted by Crippen LogP contribution is -2.17. The predicted octanol–water partition coefficient (Wildman–Crippen LogP) is 2.47. The van der Waals surface area contributed by atoms with E-state index in [0.717, 1.165) is 41.4 Å². The van der Waals surface area contributed by atoms with E-state index in [1.807, 2.05) is 35.9 Å². The molecule has 1 aliphatic carbocycles. The SMILES string of the molecule is Cn1c(CC2CCS(=O)(=O)C2)nnc1SC1CCCc2ccccc2C1=O. The molecule has 0 spiro atoms. The quantitative estimate of drug-likeness (QED) is 0.727. The first-order valence-corrected chi connectivity index (χ1v) is 12.0. The standard InChI is InChI=1S/C19H23N3O3S2/c1-22-17(11-13-9-10-27(24,25)12-13)20-21-19(22)26-16-8-4-6-14-5-2-3-7-15(14)18(16)23/h2-3,5,7,13,16H,4,6,8-12H2,1H3. The van der Waals surface area contributed by atoms with E-state index >= 15 is 0 Å². The fourth-order valence-electron chi connectivity index (χ4n) is 3.92. The molecular formula is C19H23N3O3S2. The van der Waals surface area contributed by atoms with Crippen LogP contribution in [0, 0.1) is 5.92 Å². The Hall–Kier alpha value is -1.67. The second-order valence-corrected chi connectivity index (χ2v) is 10.8. The third kappa shape index (κ3) is 3.96. The fraction of sp³-hybridized carbons (Fsp3) is 0.526. The molecule has 8 heteroatoms. The number of sulfone groups is 1. The topological polar surface area (TPSA) is 81.9 Å². The molecule has 1 aliphatic heterocycles. The minimum absolute atomic E-state index is 0.113. The number of ketones is 1. The highest BCUT2D eigenvalue weighted by Gasteiger charge is 2.31. The van der Waals surface area contributed by atoms with Crippen molar-refractivity contribution in [3.05, 3.63) is 41.2 Å². The molecule has 1 aromatic carbocycles. The minimum Gasteiger partial charge on any atom is -0.309 e. The number of carbonyl (C=O) groups is 1. The Bertz CT molecular complexity index is 968. The molecule has 0 saturated carbocycles. The number of aromatic nitrogens is 3. The van der Waals surface area contributed by atoms with Crippen LogP contribution in [0.15, 0.2) is 29.4 Å². The van der Waals surface area contributed by atoms with Crippen molar-refractivity contribution >= 4 is 27.4 Å². The van der Waals surface area contributed by atoms with Crippen molar-refractivity contribution in [3.63, 3.8) is 0 Å². The van der Waals surface area contributed by atoms with Gasteiger partial charge in [-0.1, -0.05) is 36.0 Å². The number of carbonyl (C=O) groups excluding carboxylic acids is 1. The lowest BCUT2D eigenvalue weighted by atomic mass is 10.0. The van der Waals surface area contributed by atoms with Gasteiger partial charge in [0.05, 0.1) is 16.8 Å². The molecule has 2 unspecified atom stereocenters. The molecule has 6 nitrogen and oxygen atoms in total. The number of Topliss-reactive ketones (excluding diaryl/α,β-unsaturated/α-hetero) is 1. The summed E-state index contributed by atoms with van der Waals surface area (Å²) < 4.78 is 25.3. The van der Waals surface area contributed by atoms with Gasteiger partial charge in [-0.25, -0.2) is 8.42 Å². The Morgan fingerprint density at radius 2 is 2.04 bits per heavy atom. The smallest absolute Gasteiger partial charge is 0.191 e. The van der Waals surface area contributed by atoms with Gasteiger partial charge in [0.15, 0.2) is 20.8 Å². The Morgan fingerprint density at radius 3 is 2.81 bits per heavy atom. The molecule has 2 aromatic rings. The van der Waals surface area contributed by atoms with Crippen molar-refractivity contribution in [2.24, 2.45) is 13.0 Å². The van der Waals surface area contributed by atoms with Gasteiger partial charge in [0.2, 0.25) is 0 Å². The number of hydrogen-bond donors (Lipinski definition) is 0. The number of hydrogen-bond acceptors (Lipinski definition) is 6. The Morgan fingerprint density at radius 1 is 1.22 bits per heavy atom. The molecule has 0 amide bonds. The summed E-state index contributed by atoms with van der Waals surface area (Å²) >= 11 is 1.48. The first-order valence-electron chi connectivity index (χ1n) is 9.30. The van der Waals surface area contributed by atoms with Crippen molar-refractivity contribution in [1.29, 1.82) is 0 Å². The number of fused-ring (bicyclic) bond motifs is 1. The van der Waals surface area contributed by atoms with Gasteiger partial charge in [0.1, 0.15) is 5.82 Å². The molecule has 1 fully saturated rings. The van der Waals surface area contributed by atoms with Gasteiger partial charge >= 0.3 is 0 Å². The van der Waals surface area contributed by atoms with Crippen molar-refractivity contribution in [2.45, 2.75) is 42.5 Å². The summed E-state index contributed by atoms with van der Waals surface area (Å²) in [6.07, 6.45) is 4.03. The van der Waals surface area contributed by atoms with Crippen LogP contribution in [-0.2, 0) is 29.7 Å². The zero-order valence-electron chi connectivity index (χ0n) is 15.3. The van der Waals surface area contributed by atoms with E-state index in [9.17, 15) is 13.2 Å². The first-order chi connectivity index (χ1) is 12.9. The van der Waals surface area contributed by atoms with Crippen molar-refractivity contribution < 1.29 is 13.2 Å². The average Bonchev–Trinajstić information content (AvgIpc) is 3.11. The molecule has 0 N–H and O–H groups in total. The zero-order chi connectivity index (χ0) is 19.0. The monoisotopic (exact) mass is 405 g/mol. The van der Waals surface area contributed by atoms with Crippen LogP contribution >= 0.6 is 11.8 Å². The Balaban J connectivity index is 1.49. The molecule has 1 saturated heterocycles. The van der Waals surface area contributed by atoms with Crippen molar-refractivity contribution in [2.75, 3.05) is 11.5 Å². The van der Waals surface area contributed by atoms with Crippen LogP contribution in [0.25, 0.3) is 0 Å². The van der Waals surface area contributed by atoms with Crippen LogP contribution in [0.2, 0.25) is 0 Å². The van der Waals surface area contributed by atoms with Gasteiger partial charge in [0.25, 0.3) is 0 Å². The number of benzene rings is 1. The summed E-state index contributed by atoms with van der Waals surface area (Å²) in [6.45, 7) is 0. The fourth-order valence-corrected chi connectivity index (χ4v) is 6.90. The molecule has 0 bridgehead atoms. The van der Waals surface area contributed by atoms with Gasteiger partial charge in [0, 0.05) is 19.0 Å². The number of thioether (sulfide) groups is 1. The third-order valence-corrected chi connectivity index (χ3v) is 8.60. The van der Waals surface area contributed by atoms with E-state index in [-0.39, 0.29) is 28.5 Å². The van der Waals surface area contributed by atoms with Crippen LogP contribution in [-0.4, -0.2) is 45.7 Å². The van der Waals surface area contributed by atoms with Gasteiger partial charge in [-0.2, -0.15) is 0 Å². The summed E-state index contributed by atoms with van der Waals surface area (Å²) in [5.41, 5.74) is 1.96. The maximum atomic E-state index is 13.0. The first kappa shape index (κ1) is 18.7. The lowest BCUT2D eigenvalue weighted by molar-refractivity contribution is 0.0988. The van der Waals surface area contributed by atoms with Gasteiger partial charge < -0.3 is 4.57 Å². The molecule has 2 heterocycles. The second-order valence-electron chi connectivity index (χ2n) is 7.45. The van der Waals surface area contributed by atoms with E-state index < -0.39 is 9.84 Å². The molecule has 27 heavy (non-hydrogen) atoms. The summed E-state index contributed by atoms with van der Waals surface area (Å²) in [4.78, 5) is 13.0. The molecule has 4 rings (SSSR count). The zero-order valence-corrected chi connectivity index (χ0v) is 16.9. The number of aryl methyl sites for hydroxylation is 1. The van der Waals surface area contributed by atoms with E-state index in [0.29, 0.717) is 12.8 Å². The summed E-state index contributed by atoms with van der Waals surface area (Å²) in [6, 6.07) is 7.85. The van der Waals surface area contributed by atoms with Crippen LogP contribution in [0.5, 0.6) is 0 Å². The average molecular weight is 406 g/mol. The second kappa shape index (κ2) is 7.39. The molecule has 2 atom stereocenters. The molecule has 144 valence electrons. The summed E-state index contributed by atoms with van der Waals surface area (Å²) in [7, 11) is -0.992. The maximum absolute atomic E-state index is 13.0. The van der Waals surface area contributed by atoms with Gasteiger partial charge in [-0.3, -0.25) is 4.79 Å². The molecule has 2 aliphatic rings. The van der Waals surface area contributed by atoms with E-state index in [2.05, 4.69) is 10.2 Å².